The molecular weight excluding hydrogens is 350 g/mol. The van der Waals surface area contributed by atoms with Crippen molar-refractivity contribution >= 4 is 16.9 Å². The van der Waals surface area contributed by atoms with Crippen molar-refractivity contribution in [3.8, 4) is 17.8 Å². The molecule has 0 aliphatic heterocycles. The van der Waals surface area contributed by atoms with E-state index < -0.39 is 0 Å². The van der Waals surface area contributed by atoms with Crippen molar-refractivity contribution in [1.29, 1.82) is 10.5 Å². The average Bonchev–Trinajstić information content (AvgIpc) is 3.11. The Morgan fingerprint density at radius 2 is 1.61 bits per heavy atom. The Labute approximate surface area is 164 Å². The van der Waals surface area contributed by atoms with E-state index >= 15 is 0 Å². The Morgan fingerprint density at radius 1 is 0.964 bits per heavy atom. The number of benzene rings is 2. The molecule has 0 aliphatic rings. The Bertz CT molecular complexity index is 1010. The largest absolute Gasteiger partial charge is 0.341 e. The summed E-state index contributed by atoms with van der Waals surface area (Å²) < 4.78 is 2.08. The first-order valence-electron chi connectivity index (χ1n) is 9.28. The van der Waals surface area contributed by atoms with Crippen LogP contribution in [0.1, 0.15) is 25.1 Å². The maximum Gasteiger partial charge on any atom is 0.223 e. The third-order valence-corrected chi connectivity index (χ3v) is 4.55. The first kappa shape index (κ1) is 19.1. The molecule has 2 aromatic carbocycles. The molecule has 3 rings (SSSR count). The smallest absolute Gasteiger partial charge is 0.223 e. The van der Waals surface area contributed by atoms with Gasteiger partial charge in [0.1, 0.15) is 5.82 Å². The highest BCUT2D eigenvalue weighted by Gasteiger charge is 2.17. The van der Waals surface area contributed by atoms with Gasteiger partial charge < -0.3 is 4.90 Å². The predicted octanol–water partition coefficient (Wildman–Crippen LogP) is 3.61. The minimum Gasteiger partial charge on any atom is -0.341 e. The fourth-order valence-electron chi connectivity index (χ4n) is 3.22. The molecule has 0 aliphatic carbocycles. The van der Waals surface area contributed by atoms with Crippen LogP contribution in [-0.2, 0) is 11.2 Å². The topological polar surface area (TPSA) is 85.7 Å². The van der Waals surface area contributed by atoms with Gasteiger partial charge in [0.05, 0.1) is 36.0 Å². The van der Waals surface area contributed by atoms with Crippen molar-refractivity contribution in [2.45, 2.75) is 25.7 Å². The summed E-state index contributed by atoms with van der Waals surface area (Å²) in [6.07, 6.45) is 1.30. The summed E-state index contributed by atoms with van der Waals surface area (Å²) in [5.74, 6) is 0.762. The molecular formula is C22H21N5O. The first-order chi connectivity index (χ1) is 13.7. The number of carbonyl (C=O) groups is 1. The van der Waals surface area contributed by atoms with Crippen LogP contribution in [0.5, 0.6) is 0 Å². The number of nitrogens with zero attached hydrogens (tertiary/aromatic N) is 5. The van der Waals surface area contributed by atoms with Gasteiger partial charge in [0.2, 0.25) is 5.91 Å². The monoisotopic (exact) mass is 371 g/mol. The van der Waals surface area contributed by atoms with Gasteiger partial charge in [-0.25, -0.2) is 4.98 Å². The van der Waals surface area contributed by atoms with E-state index in [1.54, 1.807) is 4.90 Å². The molecule has 0 saturated heterocycles. The number of hydrogen-bond donors (Lipinski definition) is 0. The van der Waals surface area contributed by atoms with E-state index in [1.807, 2.05) is 54.6 Å². The summed E-state index contributed by atoms with van der Waals surface area (Å²) >= 11 is 0. The molecule has 3 aromatic rings. The molecule has 0 saturated carbocycles. The highest BCUT2D eigenvalue weighted by molar-refractivity contribution is 5.79. The lowest BCUT2D eigenvalue weighted by atomic mass is 10.2. The SMILES string of the molecule is N#CCCN(CCC#N)C(=O)CCc1nc2ccccc2n1-c1ccccc1. The van der Waals surface area contributed by atoms with Gasteiger partial charge in [-0.2, -0.15) is 10.5 Å². The average molecular weight is 371 g/mol. The number of aryl methyl sites for hydroxylation is 1. The van der Waals surface area contributed by atoms with Crippen molar-refractivity contribution < 1.29 is 4.79 Å². The molecule has 140 valence electrons. The maximum absolute atomic E-state index is 12.7. The molecule has 1 heterocycles. The van der Waals surface area contributed by atoms with E-state index in [0.29, 0.717) is 19.5 Å². The lowest BCUT2D eigenvalue weighted by Gasteiger charge is -2.20. The number of fused-ring (bicyclic) bond motifs is 1. The number of rotatable bonds is 8. The number of nitriles is 2. The Kier molecular flexibility index (Phi) is 6.38. The van der Waals surface area contributed by atoms with Gasteiger partial charge in [-0.15, -0.1) is 0 Å². The van der Waals surface area contributed by atoms with Crippen LogP contribution in [0.25, 0.3) is 16.7 Å². The van der Waals surface area contributed by atoms with Gasteiger partial charge in [0.25, 0.3) is 0 Å². The van der Waals surface area contributed by atoms with E-state index in [-0.39, 0.29) is 25.2 Å². The zero-order valence-corrected chi connectivity index (χ0v) is 15.6. The van der Waals surface area contributed by atoms with Gasteiger partial charge in [-0.3, -0.25) is 9.36 Å². The lowest BCUT2D eigenvalue weighted by Crippen LogP contribution is -2.33. The van der Waals surface area contributed by atoms with Gasteiger partial charge in [0, 0.05) is 31.6 Å². The fourth-order valence-corrected chi connectivity index (χ4v) is 3.22. The van der Waals surface area contributed by atoms with Crippen LogP contribution in [0.3, 0.4) is 0 Å². The Morgan fingerprint density at radius 3 is 2.29 bits per heavy atom. The third kappa shape index (κ3) is 4.36. The number of hydrogen-bond acceptors (Lipinski definition) is 4. The van der Waals surface area contributed by atoms with Crippen LogP contribution in [-0.4, -0.2) is 33.4 Å². The second-order valence-corrected chi connectivity index (χ2v) is 6.38. The Balaban J connectivity index is 1.83. The predicted molar refractivity (Wildman–Crippen MR) is 106 cm³/mol. The van der Waals surface area contributed by atoms with Gasteiger partial charge >= 0.3 is 0 Å². The summed E-state index contributed by atoms with van der Waals surface area (Å²) in [5.41, 5.74) is 2.89. The van der Waals surface area contributed by atoms with Crippen molar-refractivity contribution in [3.05, 3.63) is 60.4 Å². The van der Waals surface area contributed by atoms with Crippen LogP contribution < -0.4 is 0 Å². The number of aromatic nitrogens is 2. The standard InChI is InChI=1S/C22H21N5O/c23-14-6-16-26(17-7-15-24)22(28)13-12-21-25-19-10-4-5-11-20(19)27(21)18-8-2-1-3-9-18/h1-5,8-11H,6-7,12-13,16-17H2. The molecule has 0 radical (unpaired) electrons. The zero-order chi connectivity index (χ0) is 19.8. The maximum atomic E-state index is 12.7. The molecule has 0 spiro atoms. The van der Waals surface area contributed by atoms with Crippen LogP contribution in [0.15, 0.2) is 54.6 Å². The minimum atomic E-state index is -0.0582. The van der Waals surface area contributed by atoms with Crippen molar-refractivity contribution in [2.75, 3.05) is 13.1 Å². The molecule has 6 nitrogen and oxygen atoms in total. The van der Waals surface area contributed by atoms with Gasteiger partial charge in [0.15, 0.2) is 0 Å². The normalized spacial score (nSPS) is 10.4. The van der Waals surface area contributed by atoms with Crippen molar-refractivity contribution in [2.24, 2.45) is 0 Å². The number of imidazole rings is 1. The van der Waals surface area contributed by atoms with Crippen LogP contribution in [0, 0.1) is 22.7 Å². The Hall–Kier alpha value is -3.64. The lowest BCUT2D eigenvalue weighted by molar-refractivity contribution is -0.131. The van der Waals surface area contributed by atoms with E-state index in [4.69, 9.17) is 15.5 Å². The summed E-state index contributed by atoms with van der Waals surface area (Å²) in [6, 6.07) is 22.0. The van der Waals surface area contributed by atoms with E-state index in [9.17, 15) is 4.79 Å². The van der Waals surface area contributed by atoms with E-state index in [1.165, 1.54) is 0 Å². The number of amides is 1. The molecule has 0 fully saturated rings. The summed E-state index contributed by atoms with van der Waals surface area (Å²) in [7, 11) is 0. The van der Waals surface area contributed by atoms with E-state index in [2.05, 4.69) is 16.7 Å². The molecule has 0 atom stereocenters. The van der Waals surface area contributed by atoms with Crippen LogP contribution in [0.4, 0.5) is 0 Å². The summed E-state index contributed by atoms with van der Waals surface area (Å²) in [6.45, 7) is 0.707. The zero-order valence-electron chi connectivity index (χ0n) is 15.6. The molecule has 0 unspecified atom stereocenters. The fraction of sp³-hybridized carbons (Fsp3) is 0.273. The third-order valence-electron chi connectivity index (χ3n) is 4.55. The second-order valence-electron chi connectivity index (χ2n) is 6.38. The van der Waals surface area contributed by atoms with Crippen molar-refractivity contribution in [3.63, 3.8) is 0 Å². The van der Waals surface area contributed by atoms with Crippen LogP contribution >= 0.6 is 0 Å². The van der Waals surface area contributed by atoms with Crippen LogP contribution in [0.2, 0.25) is 0 Å². The van der Waals surface area contributed by atoms with E-state index in [0.717, 1.165) is 22.5 Å². The van der Waals surface area contributed by atoms with Gasteiger partial charge in [-0.1, -0.05) is 30.3 Å². The molecule has 0 bridgehead atoms. The molecule has 1 amide bonds. The minimum absolute atomic E-state index is 0.0582. The molecule has 6 heteroatoms. The second kappa shape index (κ2) is 9.34. The summed E-state index contributed by atoms with van der Waals surface area (Å²) in [4.78, 5) is 19.0. The molecule has 28 heavy (non-hydrogen) atoms. The highest BCUT2D eigenvalue weighted by Crippen LogP contribution is 2.22. The quantitative estimate of drug-likeness (QED) is 0.605. The number of carbonyl (C=O) groups excluding carboxylic acids is 1. The van der Waals surface area contributed by atoms with Crippen molar-refractivity contribution in [1.82, 2.24) is 14.5 Å². The number of para-hydroxylation sites is 3. The van der Waals surface area contributed by atoms with Gasteiger partial charge in [-0.05, 0) is 24.3 Å². The molecule has 0 N–H and O–H groups in total. The summed E-state index contributed by atoms with van der Waals surface area (Å²) in [5, 5.41) is 17.6. The molecule has 1 aromatic heterocycles. The first-order valence-corrected chi connectivity index (χ1v) is 9.28. The highest BCUT2D eigenvalue weighted by atomic mass is 16.2.